The molecule has 2 heterocycles. The van der Waals surface area contributed by atoms with Crippen LogP contribution in [0.4, 0.5) is 0 Å². The Morgan fingerprint density at radius 2 is 1.83 bits per heavy atom. The maximum Gasteiger partial charge on any atom is 0.220 e. The normalized spacial score (nSPS) is 12.5. The lowest BCUT2D eigenvalue weighted by Crippen LogP contribution is -2.38. The van der Waals surface area contributed by atoms with E-state index in [0.29, 0.717) is 19.4 Å². The van der Waals surface area contributed by atoms with Crippen molar-refractivity contribution in [3.05, 3.63) is 64.6 Å². The summed E-state index contributed by atoms with van der Waals surface area (Å²) in [5.41, 5.74) is 6.17. The maximum atomic E-state index is 12.7. The van der Waals surface area contributed by atoms with Gasteiger partial charge in [-0.1, -0.05) is 44.2 Å². The van der Waals surface area contributed by atoms with Crippen molar-refractivity contribution in [1.82, 2.24) is 24.8 Å². The first-order valence-corrected chi connectivity index (χ1v) is 10.8. The molecule has 3 rings (SSSR count). The van der Waals surface area contributed by atoms with Gasteiger partial charge < -0.3 is 5.32 Å². The zero-order valence-electron chi connectivity index (χ0n) is 18.8. The van der Waals surface area contributed by atoms with Crippen molar-refractivity contribution in [1.29, 1.82) is 0 Å². The molecule has 0 saturated carbocycles. The molecule has 0 aliphatic heterocycles. The number of carbonyl (C=O) groups is 1. The van der Waals surface area contributed by atoms with Gasteiger partial charge in [0.2, 0.25) is 5.91 Å². The Labute approximate surface area is 179 Å². The van der Waals surface area contributed by atoms with E-state index < -0.39 is 0 Å². The minimum atomic E-state index is 0.0682. The average molecular weight is 408 g/mol. The van der Waals surface area contributed by atoms with Crippen LogP contribution in [0, 0.1) is 20.8 Å². The number of carbonyl (C=O) groups excluding carboxylic acids is 1. The monoisotopic (exact) mass is 407 g/mol. The first kappa shape index (κ1) is 22.0. The topological polar surface area (TPSA) is 62.5 Å². The van der Waals surface area contributed by atoms with Crippen LogP contribution in [0.3, 0.4) is 0 Å². The van der Waals surface area contributed by atoms with E-state index >= 15 is 0 Å². The first-order chi connectivity index (χ1) is 14.4. The van der Waals surface area contributed by atoms with Crippen molar-refractivity contribution in [2.45, 2.75) is 53.5 Å². The predicted molar refractivity (Wildman–Crippen MR) is 121 cm³/mol. The largest absolute Gasteiger partial charge is 0.354 e. The Kier molecular flexibility index (Phi) is 7.21. The second-order valence-corrected chi connectivity index (χ2v) is 7.77. The zero-order valence-corrected chi connectivity index (χ0v) is 18.8. The van der Waals surface area contributed by atoms with E-state index in [1.165, 1.54) is 5.56 Å². The number of rotatable bonds is 9. The lowest BCUT2D eigenvalue weighted by molar-refractivity contribution is -0.121. The third kappa shape index (κ3) is 4.87. The van der Waals surface area contributed by atoms with Crippen LogP contribution in [-0.4, -0.2) is 45.0 Å². The summed E-state index contributed by atoms with van der Waals surface area (Å²) in [6, 6.07) is 12.6. The molecule has 6 heteroatoms. The van der Waals surface area contributed by atoms with E-state index in [0.717, 1.165) is 41.4 Å². The summed E-state index contributed by atoms with van der Waals surface area (Å²) < 4.78 is 1.88. The number of fused-ring (bicyclic) bond motifs is 1. The van der Waals surface area contributed by atoms with Gasteiger partial charge in [0.1, 0.15) is 0 Å². The molecule has 30 heavy (non-hydrogen) atoms. The van der Waals surface area contributed by atoms with Gasteiger partial charge in [0.25, 0.3) is 0 Å². The molecule has 0 aliphatic carbocycles. The van der Waals surface area contributed by atoms with Crippen LogP contribution < -0.4 is 5.32 Å². The summed E-state index contributed by atoms with van der Waals surface area (Å²) in [6.07, 6.45) is 1.10. The minimum Gasteiger partial charge on any atom is -0.354 e. The van der Waals surface area contributed by atoms with Crippen LogP contribution in [0.15, 0.2) is 36.4 Å². The molecule has 1 atom stereocenters. The van der Waals surface area contributed by atoms with Gasteiger partial charge >= 0.3 is 0 Å². The van der Waals surface area contributed by atoms with Crippen molar-refractivity contribution >= 4 is 11.6 Å². The molecular weight excluding hydrogens is 374 g/mol. The maximum absolute atomic E-state index is 12.7. The molecule has 0 fully saturated rings. The number of aromatic nitrogens is 3. The Bertz CT molecular complexity index is 992. The molecule has 1 N–H and O–H groups in total. The van der Waals surface area contributed by atoms with Gasteiger partial charge in [-0.3, -0.25) is 9.69 Å². The fourth-order valence-electron chi connectivity index (χ4n) is 4.14. The van der Waals surface area contributed by atoms with Gasteiger partial charge in [-0.05, 0) is 51.4 Å². The highest BCUT2D eigenvalue weighted by Crippen LogP contribution is 2.20. The Morgan fingerprint density at radius 3 is 2.50 bits per heavy atom. The lowest BCUT2D eigenvalue weighted by Gasteiger charge is -2.30. The SMILES string of the molecule is CCN(CC)C(CNC(=O)CCc1c(C)nc2cc(C)nn2c1C)c1ccccc1. The molecule has 0 bridgehead atoms. The average Bonchev–Trinajstić information content (AvgIpc) is 3.11. The quantitative estimate of drug-likeness (QED) is 0.586. The standard InChI is InChI=1S/C24H33N5O/c1-6-28(7-2)22(20-11-9-8-10-12-20)16-25-24(30)14-13-21-18(4)26-23-15-17(3)27-29(23)19(21)5/h8-12,15,22H,6-7,13-14,16H2,1-5H3,(H,25,30). The molecule has 1 aromatic carbocycles. The Balaban J connectivity index is 1.66. The molecule has 6 nitrogen and oxygen atoms in total. The number of nitrogens with zero attached hydrogens (tertiary/aromatic N) is 4. The third-order valence-corrected chi connectivity index (χ3v) is 5.82. The van der Waals surface area contributed by atoms with Crippen molar-refractivity contribution in [2.24, 2.45) is 0 Å². The van der Waals surface area contributed by atoms with Gasteiger partial charge in [0, 0.05) is 30.4 Å². The van der Waals surface area contributed by atoms with Crippen molar-refractivity contribution in [3.63, 3.8) is 0 Å². The zero-order chi connectivity index (χ0) is 21.7. The first-order valence-electron chi connectivity index (χ1n) is 10.8. The summed E-state index contributed by atoms with van der Waals surface area (Å²) in [6.45, 7) is 12.8. The number of hydrogen-bond acceptors (Lipinski definition) is 4. The molecule has 0 aliphatic rings. The molecule has 1 amide bonds. The van der Waals surface area contributed by atoms with E-state index in [9.17, 15) is 4.79 Å². The summed E-state index contributed by atoms with van der Waals surface area (Å²) in [5.74, 6) is 0.0682. The van der Waals surface area contributed by atoms with E-state index in [1.807, 2.05) is 37.4 Å². The van der Waals surface area contributed by atoms with E-state index in [1.54, 1.807) is 0 Å². The molecule has 160 valence electrons. The predicted octanol–water partition coefficient (Wildman–Crippen LogP) is 3.79. The molecular formula is C24H33N5O. The fourth-order valence-corrected chi connectivity index (χ4v) is 4.14. The number of amides is 1. The molecule has 0 radical (unpaired) electrons. The second kappa shape index (κ2) is 9.85. The van der Waals surface area contributed by atoms with Crippen molar-refractivity contribution in [3.8, 4) is 0 Å². The lowest BCUT2D eigenvalue weighted by atomic mass is 10.0. The Morgan fingerprint density at radius 1 is 1.13 bits per heavy atom. The van der Waals surface area contributed by atoms with Gasteiger partial charge in [-0.15, -0.1) is 0 Å². The molecule has 1 unspecified atom stereocenters. The highest BCUT2D eigenvalue weighted by atomic mass is 16.1. The highest BCUT2D eigenvalue weighted by Gasteiger charge is 2.19. The number of likely N-dealkylation sites (N-methyl/N-ethyl adjacent to an activating group) is 1. The van der Waals surface area contributed by atoms with E-state index in [-0.39, 0.29) is 11.9 Å². The summed E-state index contributed by atoms with van der Waals surface area (Å²) in [4.78, 5) is 19.7. The number of nitrogens with one attached hydrogen (secondary N) is 1. The van der Waals surface area contributed by atoms with E-state index in [4.69, 9.17) is 0 Å². The van der Waals surface area contributed by atoms with Gasteiger partial charge in [0.15, 0.2) is 5.65 Å². The van der Waals surface area contributed by atoms with Crippen LogP contribution >= 0.6 is 0 Å². The fraction of sp³-hybridized carbons (Fsp3) is 0.458. The molecule has 0 spiro atoms. The van der Waals surface area contributed by atoms with Gasteiger partial charge in [-0.2, -0.15) is 5.10 Å². The van der Waals surface area contributed by atoms with Crippen LogP contribution in [-0.2, 0) is 11.2 Å². The van der Waals surface area contributed by atoms with Crippen LogP contribution in [0.1, 0.15) is 54.5 Å². The van der Waals surface area contributed by atoms with Crippen LogP contribution in [0.5, 0.6) is 0 Å². The summed E-state index contributed by atoms with van der Waals surface area (Å²) in [5, 5.41) is 7.68. The minimum absolute atomic E-state index is 0.0682. The molecule has 3 aromatic rings. The van der Waals surface area contributed by atoms with Gasteiger partial charge in [-0.25, -0.2) is 9.50 Å². The van der Waals surface area contributed by atoms with Crippen molar-refractivity contribution < 1.29 is 4.79 Å². The summed E-state index contributed by atoms with van der Waals surface area (Å²) >= 11 is 0. The van der Waals surface area contributed by atoms with E-state index in [2.05, 4.69) is 58.4 Å². The molecule has 2 aromatic heterocycles. The summed E-state index contributed by atoms with van der Waals surface area (Å²) in [7, 11) is 0. The number of hydrogen-bond donors (Lipinski definition) is 1. The Hall–Kier alpha value is -2.73. The van der Waals surface area contributed by atoms with Crippen LogP contribution in [0.25, 0.3) is 5.65 Å². The second-order valence-electron chi connectivity index (χ2n) is 7.77. The highest BCUT2D eigenvalue weighted by molar-refractivity contribution is 5.76. The third-order valence-electron chi connectivity index (χ3n) is 5.82. The number of aryl methyl sites for hydroxylation is 3. The van der Waals surface area contributed by atoms with Crippen molar-refractivity contribution in [2.75, 3.05) is 19.6 Å². The number of benzene rings is 1. The smallest absolute Gasteiger partial charge is 0.220 e. The van der Waals surface area contributed by atoms with Crippen LogP contribution in [0.2, 0.25) is 0 Å². The molecule has 0 saturated heterocycles. The van der Waals surface area contributed by atoms with Gasteiger partial charge in [0.05, 0.1) is 11.7 Å².